The first-order valence-electron chi connectivity index (χ1n) is 7.66. The monoisotopic (exact) mass is 396 g/mol. The van der Waals surface area contributed by atoms with E-state index in [0.717, 1.165) is 17.7 Å². The Morgan fingerprint density at radius 1 is 1.16 bits per heavy atom. The third-order valence-corrected chi connectivity index (χ3v) is 6.48. The standard InChI is InChI=1S/C17H17ClN2O3S2/c1-24-14-7-5-12(6-8-14)19-17(21)11-2-9-15(18)16(10-11)25(22,23)20-13-3-4-13/h2,5-10,13,20H,3-4H2,1H3,(H,19,21). The Balaban J connectivity index is 1.81. The highest BCUT2D eigenvalue weighted by molar-refractivity contribution is 7.98. The summed E-state index contributed by atoms with van der Waals surface area (Å²) in [5.41, 5.74) is 0.868. The maximum Gasteiger partial charge on any atom is 0.255 e. The molecule has 1 aliphatic rings. The molecule has 25 heavy (non-hydrogen) atoms. The van der Waals surface area contributed by atoms with Crippen LogP contribution in [0.15, 0.2) is 52.3 Å². The fourth-order valence-electron chi connectivity index (χ4n) is 2.21. The van der Waals surface area contributed by atoms with Crippen molar-refractivity contribution in [3.05, 3.63) is 53.1 Å². The quantitative estimate of drug-likeness (QED) is 0.729. The van der Waals surface area contributed by atoms with Crippen molar-refractivity contribution in [1.29, 1.82) is 0 Å². The van der Waals surface area contributed by atoms with Gasteiger partial charge >= 0.3 is 0 Å². The second-order valence-corrected chi connectivity index (χ2v) is 8.69. The SMILES string of the molecule is CSc1ccc(NC(=O)c2ccc(Cl)c(S(=O)(=O)NC3CC3)c2)cc1. The minimum absolute atomic E-state index is 0.0338. The molecule has 0 aliphatic heterocycles. The van der Waals surface area contributed by atoms with Gasteiger partial charge in [0, 0.05) is 22.2 Å². The van der Waals surface area contributed by atoms with Gasteiger partial charge in [0.1, 0.15) is 4.90 Å². The summed E-state index contributed by atoms with van der Waals surface area (Å²) in [5, 5.41) is 2.85. The van der Waals surface area contributed by atoms with Crippen LogP contribution >= 0.6 is 23.4 Å². The average Bonchev–Trinajstić information content (AvgIpc) is 3.39. The Bertz CT molecular complexity index is 895. The van der Waals surface area contributed by atoms with Crippen LogP contribution in [0.1, 0.15) is 23.2 Å². The van der Waals surface area contributed by atoms with Gasteiger partial charge in [-0.15, -0.1) is 11.8 Å². The van der Waals surface area contributed by atoms with E-state index in [-0.39, 0.29) is 21.5 Å². The van der Waals surface area contributed by atoms with Gasteiger partial charge < -0.3 is 5.32 Å². The molecular formula is C17H17ClN2O3S2. The van der Waals surface area contributed by atoms with Crippen LogP contribution in [0.2, 0.25) is 5.02 Å². The van der Waals surface area contributed by atoms with Crippen LogP contribution in [0.3, 0.4) is 0 Å². The molecule has 0 spiro atoms. The highest BCUT2D eigenvalue weighted by Gasteiger charge is 2.29. The zero-order chi connectivity index (χ0) is 18.0. The van der Waals surface area contributed by atoms with E-state index in [4.69, 9.17) is 11.6 Å². The third kappa shape index (κ3) is 4.55. The zero-order valence-electron chi connectivity index (χ0n) is 13.5. The molecule has 0 bridgehead atoms. The number of rotatable bonds is 6. The van der Waals surface area contributed by atoms with Crippen LogP contribution in [0.5, 0.6) is 0 Å². The summed E-state index contributed by atoms with van der Waals surface area (Å²) in [6, 6.07) is 11.6. The molecule has 0 radical (unpaired) electrons. The minimum atomic E-state index is -3.73. The van der Waals surface area contributed by atoms with E-state index in [1.54, 1.807) is 23.9 Å². The second-order valence-electron chi connectivity index (χ2n) is 5.72. The first kappa shape index (κ1) is 18.3. The van der Waals surface area contributed by atoms with Gasteiger partial charge in [-0.2, -0.15) is 0 Å². The van der Waals surface area contributed by atoms with Gasteiger partial charge in [0.25, 0.3) is 5.91 Å². The van der Waals surface area contributed by atoms with Crippen LogP contribution < -0.4 is 10.0 Å². The van der Waals surface area contributed by atoms with Gasteiger partial charge in [0.15, 0.2) is 0 Å². The molecular weight excluding hydrogens is 380 g/mol. The summed E-state index contributed by atoms with van der Waals surface area (Å²) < 4.78 is 27.3. The van der Waals surface area contributed by atoms with Crippen LogP contribution in [-0.4, -0.2) is 26.6 Å². The Morgan fingerprint density at radius 2 is 1.84 bits per heavy atom. The number of hydrogen-bond donors (Lipinski definition) is 2. The predicted octanol–water partition coefficient (Wildman–Crippen LogP) is 3.75. The summed E-state index contributed by atoms with van der Waals surface area (Å²) in [6.45, 7) is 0. The number of thioether (sulfide) groups is 1. The number of carbonyl (C=O) groups excluding carboxylic acids is 1. The van der Waals surface area contributed by atoms with Crippen molar-refractivity contribution in [1.82, 2.24) is 4.72 Å². The summed E-state index contributed by atoms with van der Waals surface area (Å²) in [5.74, 6) is -0.392. The van der Waals surface area contributed by atoms with Crippen molar-refractivity contribution in [3.8, 4) is 0 Å². The average molecular weight is 397 g/mol. The van der Waals surface area contributed by atoms with Gasteiger partial charge in [-0.25, -0.2) is 13.1 Å². The Kier molecular flexibility index (Phi) is 5.38. The second kappa shape index (κ2) is 7.37. The number of hydrogen-bond acceptors (Lipinski definition) is 4. The van der Waals surface area contributed by atoms with E-state index in [9.17, 15) is 13.2 Å². The Morgan fingerprint density at radius 3 is 2.44 bits per heavy atom. The van der Waals surface area contributed by atoms with Gasteiger partial charge in [-0.3, -0.25) is 4.79 Å². The van der Waals surface area contributed by atoms with E-state index in [1.165, 1.54) is 18.2 Å². The van der Waals surface area contributed by atoms with Crippen molar-refractivity contribution >= 4 is 45.0 Å². The summed E-state index contributed by atoms with van der Waals surface area (Å²) in [7, 11) is -3.73. The molecule has 2 aromatic carbocycles. The van der Waals surface area contributed by atoms with Gasteiger partial charge in [0.05, 0.1) is 5.02 Å². The van der Waals surface area contributed by atoms with Crippen LogP contribution in [0.4, 0.5) is 5.69 Å². The molecule has 1 fully saturated rings. The molecule has 3 rings (SSSR count). The van der Waals surface area contributed by atoms with E-state index >= 15 is 0 Å². The van der Waals surface area contributed by atoms with Crippen LogP contribution in [-0.2, 0) is 10.0 Å². The van der Waals surface area contributed by atoms with Crippen molar-refractivity contribution in [2.24, 2.45) is 0 Å². The third-order valence-electron chi connectivity index (χ3n) is 3.73. The van der Waals surface area contributed by atoms with E-state index in [0.29, 0.717) is 5.69 Å². The first-order valence-corrected chi connectivity index (χ1v) is 10.7. The molecule has 0 atom stereocenters. The number of halogens is 1. The molecule has 0 saturated heterocycles. The van der Waals surface area contributed by atoms with E-state index in [1.807, 2.05) is 18.4 Å². The largest absolute Gasteiger partial charge is 0.322 e. The summed E-state index contributed by atoms with van der Waals surface area (Å²) in [6.07, 6.45) is 3.62. The number of anilines is 1. The lowest BCUT2D eigenvalue weighted by atomic mass is 10.2. The lowest BCUT2D eigenvalue weighted by molar-refractivity contribution is 0.102. The van der Waals surface area contributed by atoms with Crippen molar-refractivity contribution in [3.63, 3.8) is 0 Å². The number of nitrogens with one attached hydrogen (secondary N) is 2. The normalized spacial score (nSPS) is 14.3. The van der Waals surface area contributed by atoms with Crippen molar-refractivity contribution in [2.75, 3.05) is 11.6 Å². The maximum absolute atomic E-state index is 12.4. The fourth-order valence-corrected chi connectivity index (χ4v) is 4.45. The Labute approximate surface area is 156 Å². The van der Waals surface area contributed by atoms with E-state index < -0.39 is 15.9 Å². The zero-order valence-corrected chi connectivity index (χ0v) is 15.8. The number of sulfonamides is 1. The van der Waals surface area contributed by atoms with Crippen LogP contribution in [0, 0.1) is 0 Å². The molecule has 1 saturated carbocycles. The molecule has 5 nitrogen and oxygen atoms in total. The molecule has 0 aromatic heterocycles. The van der Waals surface area contributed by atoms with Gasteiger partial charge in [-0.1, -0.05) is 11.6 Å². The Hall–Kier alpha value is -1.54. The molecule has 2 aromatic rings. The van der Waals surface area contributed by atoms with Crippen molar-refractivity contribution in [2.45, 2.75) is 28.7 Å². The molecule has 132 valence electrons. The fraction of sp³-hybridized carbons (Fsp3) is 0.235. The molecule has 2 N–H and O–H groups in total. The minimum Gasteiger partial charge on any atom is -0.322 e. The maximum atomic E-state index is 12.4. The molecule has 1 amide bonds. The number of amides is 1. The topological polar surface area (TPSA) is 75.3 Å². The molecule has 1 aliphatic carbocycles. The molecule has 0 unspecified atom stereocenters. The summed E-state index contributed by atoms with van der Waals surface area (Å²) in [4.78, 5) is 13.4. The predicted molar refractivity (Wildman–Crippen MR) is 101 cm³/mol. The van der Waals surface area contributed by atoms with Gasteiger partial charge in [-0.05, 0) is 61.6 Å². The highest BCUT2D eigenvalue weighted by Crippen LogP contribution is 2.27. The lowest BCUT2D eigenvalue weighted by Crippen LogP contribution is -2.26. The van der Waals surface area contributed by atoms with Crippen molar-refractivity contribution < 1.29 is 13.2 Å². The number of carbonyl (C=O) groups is 1. The smallest absolute Gasteiger partial charge is 0.255 e. The lowest BCUT2D eigenvalue weighted by Gasteiger charge is -2.10. The van der Waals surface area contributed by atoms with E-state index in [2.05, 4.69) is 10.0 Å². The van der Waals surface area contributed by atoms with Crippen LogP contribution in [0.25, 0.3) is 0 Å². The molecule has 8 heteroatoms. The van der Waals surface area contributed by atoms with Gasteiger partial charge in [0.2, 0.25) is 10.0 Å². The highest BCUT2D eigenvalue weighted by atomic mass is 35.5. The summed E-state index contributed by atoms with van der Waals surface area (Å²) >= 11 is 7.64. The number of benzene rings is 2. The first-order chi connectivity index (χ1) is 11.9. The molecule has 0 heterocycles.